The highest BCUT2D eigenvalue weighted by Crippen LogP contribution is 2.26. The normalized spacial score (nSPS) is 18.9. The molecule has 1 saturated heterocycles. The molecule has 16 heavy (non-hydrogen) atoms. The Morgan fingerprint density at radius 1 is 1.38 bits per heavy atom. The Hall–Kier alpha value is -1.00. The summed E-state index contributed by atoms with van der Waals surface area (Å²) in [7, 11) is 2.15. The average molecular weight is 221 g/mol. The van der Waals surface area contributed by atoms with Crippen LogP contribution in [0.4, 0.5) is 0 Å². The fourth-order valence-corrected chi connectivity index (χ4v) is 2.24. The van der Waals surface area contributed by atoms with Gasteiger partial charge in [0.1, 0.15) is 6.61 Å². The number of nitrogens with zero attached hydrogens (tertiary/aromatic N) is 3. The Balaban J connectivity index is 2.16. The van der Waals surface area contributed by atoms with Crippen LogP contribution in [0.15, 0.2) is 6.07 Å². The smallest absolute Gasteiger partial charge is 0.154 e. The molecular weight excluding hydrogens is 202 g/mol. The number of rotatable bonds is 2. The van der Waals surface area contributed by atoms with Crippen molar-refractivity contribution >= 4 is 0 Å². The van der Waals surface area contributed by atoms with Crippen molar-refractivity contribution in [3.8, 4) is 0 Å². The van der Waals surface area contributed by atoms with Crippen LogP contribution in [-0.2, 0) is 6.61 Å². The van der Waals surface area contributed by atoms with Gasteiger partial charge in [-0.25, -0.2) is 9.97 Å². The lowest BCUT2D eigenvalue weighted by Gasteiger charge is -2.28. The first-order chi connectivity index (χ1) is 7.69. The lowest BCUT2D eigenvalue weighted by atomic mass is 9.93. The van der Waals surface area contributed by atoms with Gasteiger partial charge in [-0.05, 0) is 46.0 Å². The molecule has 0 unspecified atom stereocenters. The van der Waals surface area contributed by atoms with E-state index in [0.29, 0.717) is 11.7 Å². The maximum atomic E-state index is 9.09. The maximum absolute atomic E-state index is 9.09. The summed E-state index contributed by atoms with van der Waals surface area (Å²) in [6.45, 7) is 4.14. The third-order valence-corrected chi connectivity index (χ3v) is 3.20. The Labute approximate surface area is 96.3 Å². The van der Waals surface area contributed by atoms with Crippen LogP contribution < -0.4 is 0 Å². The molecule has 1 N–H and O–H groups in total. The molecule has 2 rings (SSSR count). The van der Waals surface area contributed by atoms with Crippen LogP contribution in [0.3, 0.4) is 0 Å². The largest absolute Gasteiger partial charge is 0.388 e. The molecule has 0 atom stereocenters. The number of piperidine rings is 1. The van der Waals surface area contributed by atoms with Gasteiger partial charge in [0.25, 0.3) is 0 Å². The van der Waals surface area contributed by atoms with Gasteiger partial charge in [0.2, 0.25) is 0 Å². The van der Waals surface area contributed by atoms with Crippen LogP contribution in [0, 0.1) is 6.92 Å². The summed E-state index contributed by atoms with van der Waals surface area (Å²) >= 11 is 0. The summed E-state index contributed by atoms with van der Waals surface area (Å²) in [5.41, 5.74) is 2.05. The minimum Gasteiger partial charge on any atom is -0.388 e. The SMILES string of the molecule is Cc1cc(C2CCN(C)CC2)nc(CO)n1. The van der Waals surface area contributed by atoms with Crippen LogP contribution >= 0.6 is 0 Å². The van der Waals surface area contributed by atoms with Crippen molar-refractivity contribution in [1.82, 2.24) is 14.9 Å². The van der Waals surface area contributed by atoms with E-state index < -0.39 is 0 Å². The molecule has 0 aliphatic carbocycles. The van der Waals surface area contributed by atoms with Crippen LogP contribution in [0.25, 0.3) is 0 Å². The van der Waals surface area contributed by atoms with E-state index in [-0.39, 0.29) is 6.61 Å². The van der Waals surface area contributed by atoms with E-state index in [1.54, 1.807) is 0 Å². The fourth-order valence-electron chi connectivity index (χ4n) is 2.24. The zero-order valence-corrected chi connectivity index (χ0v) is 9.98. The minimum atomic E-state index is -0.0682. The summed E-state index contributed by atoms with van der Waals surface area (Å²) in [6, 6.07) is 2.05. The van der Waals surface area contributed by atoms with E-state index in [0.717, 1.165) is 37.3 Å². The number of aryl methyl sites for hydroxylation is 1. The number of likely N-dealkylation sites (tertiary alicyclic amines) is 1. The molecule has 0 radical (unpaired) electrons. The van der Waals surface area contributed by atoms with Crippen LogP contribution in [0.5, 0.6) is 0 Å². The van der Waals surface area contributed by atoms with Gasteiger partial charge >= 0.3 is 0 Å². The van der Waals surface area contributed by atoms with Crippen LogP contribution in [0.2, 0.25) is 0 Å². The molecule has 4 heteroatoms. The highest BCUT2D eigenvalue weighted by Gasteiger charge is 2.20. The van der Waals surface area contributed by atoms with E-state index in [2.05, 4.69) is 28.0 Å². The van der Waals surface area contributed by atoms with Gasteiger partial charge in [0.05, 0.1) is 0 Å². The minimum absolute atomic E-state index is 0.0682. The van der Waals surface area contributed by atoms with E-state index in [1.807, 2.05) is 6.92 Å². The predicted molar refractivity (Wildman–Crippen MR) is 62.2 cm³/mol. The topological polar surface area (TPSA) is 49.2 Å². The van der Waals surface area contributed by atoms with Gasteiger partial charge in [-0.1, -0.05) is 0 Å². The molecule has 1 aromatic rings. The van der Waals surface area contributed by atoms with Crippen molar-refractivity contribution in [3.63, 3.8) is 0 Å². The third kappa shape index (κ3) is 2.57. The maximum Gasteiger partial charge on any atom is 0.154 e. The monoisotopic (exact) mass is 221 g/mol. The van der Waals surface area contributed by atoms with E-state index in [9.17, 15) is 0 Å². The lowest BCUT2D eigenvalue weighted by Crippen LogP contribution is -2.29. The Morgan fingerprint density at radius 3 is 2.69 bits per heavy atom. The molecule has 1 aliphatic heterocycles. The summed E-state index contributed by atoms with van der Waals surface area (Å²) < 4.78 is 0. The Bertz CT molecular complexity index is 359. The van der Waals surface area contributed by atoms with Crippen molar-refractivity contribution in [2.45, 2.75) is 32.3 Å². The molecule has 0 spiro atoms. The number of hydrogen-bond acceptors (Lipinski definition) is 4. The second kappa shape index (κ2) is 4.89. The van der Waals surface area contributed by atoms with Crippen molar-refractivity contribution in [2.75, 3.05) is 20.1 Å². The first-order valence-electron chi connectivity index (χ1n) is 5.83. The van der Waals surface area contributed by atoms with Crippen molar-refractivity contribution in [2.24, 2.45) is 0 Å². The fraction of sp³-hybridized carbons (Fsp3) is 0.667. The van der Waals surface area contributed by atoms with Crippen LogP contribution in [-0.4, -0.2) is 40.1 Å². The summed E-state index contributed by atoms with van der Waals surface area (Å²) in [5.74, 6) is 1.08. The second-order valence-electron chi connectivity index (χ2n) is 4.59. The molecule has 4 nitrogen and oxygen atoms in total. The second-order valence-corrected chi connectivity index (χ2v) is 4.59. The number of aliphatic hydroxyl groups is 1. The summed E-state index contributed by atoms with van der Waals surface area (Å²) in [4.78, 5) is 11.0. The molecule has 1 aromatic heterocycles. The van der Waals surface area contributed by atoms with Gasteiger partial charge in [0, 0.05) is 17.3 Å². The lowest BCUT2D eigenvalue weighted by molar-refractivity contribution is 0.250. The Morgan fingerprint density at radius 2 is 2.06 bits per heavy atom. The van der Waals surface area contributed by atoms with Gasteiger partial charge in [0.15, 0.2) is 5.82 Å². The zero-order valence-electron chi connectivity index (χ0n) is 9.98. The average Bonchev–Trinajstić information content (AvgIpc) is 2.29. The molecule has 0 bridgehead atoms. The predicted octanol–water partition coefficient (Wildman–Crippen LogP) is 1.09. The van der Waals surface area contributed by atoms with Gasteiger partial charge in [-0.3, -0.25) is 0 Å². The Kier molecular flexibility index (Phi) is 3.51. The first-order valence-corrected chi connectivity index (χ1v) is 5.83. The standard InChI is InChI=1S/C12H19N3O/c1-9-7-11(14-12(8-16)13-9)10-3-5-15(2)6-4-10/h7,10,16H,3-6,8H2,1-2H3. The van der Waals surface area contributed by atoms with E-state index in [4.69, 9.17) is 5.11 Å². The first kappa shape index (κ1) is 11.5. The molecule has 2 heterocycles. The van der Waals surface area contributed by atoms with E-state index in [1.165, 1.54) is 0 Å². The highest BCUT2D eigenvalue weighted by atomic mass is 16.3. The molecule has 0 saturated carbocycles. The van der Waals surface area contributed by atoms with Crippen LogP contribution in [0.1, 0.15) is 36.0 Å². The molecule has 1 fully saturated rings. The molecule has 0 amide bonds. The van der Waals surface area contributed by atoms with Crippen molar-refractivity contribution in [3.05, 3.63) is 23.3 Å². The molecule has 0 aromatic carbocycles. The number of hydrogen-bond donors (Lipinski definition) is 1. The summed E-state index contributed by atoms with van der Waals surface area (Å²) in [6.07, 6.45) is 2.30. The third-order valence-electron chi connectivity index (χ3n) is 3.20. The number of aliphatic hydroxyl groups excluding tert-OH is 1. The zero-order chi connectivity index (χ0) is 11.5. The number of aromatic nitrogens is 2. The van der Waals surface area contributed by atoms with E-state index >= 15 is 0 Å². The summed E-state index contributed by atoms with van der Waals surface area (Å²) in [5, 5.41) is 9.09. The molecular formula is C12H19N3O. The van der Waals surface area contributed by atoms with Crippen molar-refractivity contribution in [1.29, 1.82) is 0 Å². The van der Waals surface area contributed by atoms with Gasteiger partial charge in [-0.2, -0.15) is 0 Å². The van der Waals surface area contributed by atoms with Crippen molar-refractivity contribution < 1.29 is 5.11 Å². The van der Waals surface area contributed by atoms with Gasteiger partial charge < -0.3 is 10.0 Å². The molecule has 88 valence electrons. The quantitative estimate of drug-likeness (QED) is 0.812. The highest BCUT2D eigenvalue weighted by molar-refractivity contribution is 5.15. The molecule has 1 aliphatic rings. The van der Waals surface area contributed by atoms with Gasteiger partial charge in [-0.15, -0.1) is 0 Å².